The van der Waals surface area contributed by atoms with E-state index in [1.807, 2.05) is 22.9 Å². The van der Waals surface area contributed by atoms with Crippen LogP contribution in [0.2, 0.25) is 0 Å². The molecule has 4 rings (SSSR count). The number of Topliss-reactive ketones (excluding diaryl/α,β-unsaturated/α-hetero) is 1. The smallest absolute Gasteiger partial charge is 0.355 e. The second-order valence-corrected chi connectivity index (χ2v) is 7.00. The van der Waals surface area contributed by atoms with Gasteiger partial charge in [0.25, 0.3) is 0 Å². The number of hydrogen-bond acceptors (Lipinski definition) is 9. The van der Waals surface area contributed by atoms with Crippen molar-refractivity contribution < 1.29 is 14.3 Å². The highest BCUT2D eigenvalue weighted by atomic mass is 32.1. The third kappa shape index (κ3) is 2.55. The fraction of sp³-hybridized carbons (Fsp3) is 0.133. The Morgan fingerprint density at radius 2 is 2.04 bits per heavy atom. The van der Waals surface area contributed by atoms with Gasteiger partial charge in [-0.2, -0.15) is 4.68 Å². The van der Waals surface area contributed by atoms with Gasteiger partial charge in [0.15, 0.2) is 0 Å². The Morgan fingerprint density at radius 3 is 2.72 bits per heavy atom. The molecule has 0 bridgehead atoms. The molecule has 1 atom stereocenters. The summed E-state index contributed by atoms with van der Waals surface area (Å²) < 4.78 is 6.36. The molecular formula is C15H11N5O3S2. The van der Waals surface area contributed by atoms with Gasteiger partial charge in [-0.05, 0) is 33.3 Å². The highest BCUT2D eigenvalue weighted by molar-refractivity contribution is 7.12. The first-order valence-electron chi connectivity index (χ1n) is 7.19. The van der Waals surface area contributed by atoms with Crippen molar-refractivity contribution >= 4 is 40.4 Å². The number of carbonyl (C=O) groups excluding carboxylic acids is 2. The zero-order valence-electron chi connectivity index (χ0n) is 12.9. The maximum atomic E-state index is 13.2. The van der Waals surface area contributed by atoms with Crippen molar-refractivity contribution in [2.75, 3.05) is 12.4 Å². The van der Waals surface area contributed by atoms with Crippen molar-refractivity contribution in [3.05, 3.63) is 56.1 Å². The van der Waals surface area contributed by atoms with E-state index in [0.717, 1.165) is 4.88 Å². The van der Waals surface area contributed by atoms with Gasteiger partial charge in [-0.3, -0.25) is 4.79 Å². The minimum Gasteiger partial charge on any atom is -0.464 e. The van der Waals surface area contributed by atoms with Crippen molar-refractivity contribution in [2.45, 2.75) is 6.04 Å². The van der Waals surface area contributed by atoms with Crippen LogP contribution < -0.4 is 5.32 Å². The Kier molecular flexibility index (Phi) is 3.90. The van der Waals surface area contributed by atoms with Crippen LogP contribution in [0, 0.1) is 0 Å². The number of rotatable bonds is 4. The molecule has 4 heterocycles. The number of methoxy groups -OCH3 is 1. The summed E-state index contributed by atoms with van der Waals surface area (Å²) in [6.07, 6.45) is 0. The fourth-order valence-corrected chi connectivity index (χ4v) is 4.13. The summed E-state index contributed by atoms with van der Waals surface area (Å²) in [5, 5.41) is 18.1. The third-order valence-electron chi connectivity index (χ3n) is 3.71. The normalized spacial score (nSPS) is 16.3. The van der Waals surface area contributed by atoms with Crippen LogP contribution in [0.3, 0.4) is 0 Å². The minimum absolute atomic E-state index is 0.0570. The largest absolute Gasteiger partial charge is 0.464 e. The Hall–Kier alpha value is -2.85. The molecule has 1 aliphatic rings. The molecule has 10 heteroatoms. The SMILES string of the molecule is COC(=O)C1=C(C(=O)c2cccs2)[C@@H](c2cccs2)n2nnnc2N1. The number of ketones is 1. The van der Waals surface area contributed by atoms with Crippen LogP contribution in [-0.2, 0) is 9.53 Å². The number of carbonyl (C=O) groups is 2. The van der Waals surface area contributed by atoms with Gasteiger partial charge in [0.05, 0.1) is 17.6 Å². The van der Waals surface area contributed by atoms with Gasteiger partial charge >= 0.3 is 5.97 Å². The van der Waals surface area contributed by atoms with Gasteiger partial charge in [-0.15, -0.1) is 22.7 Å². The summed E-state index contributed by atoms with van der Waals surface area (Å²) >= 11 is 2.76. The second-order valence-electron chi connectivity index (χ2n) is 5.08. The van der Waals surface area contributed by atoms with Crippen molar-refractivity contribution in [3.63, 3.8) is 0 Å². The number of tetrazole rings is 1. The van der Waals surface area contributed by atoms with Crippen molar-refractivity contribution in [3.8, 4) is 0 Å². The highest BCUT2D eigenvalue weighted by Gasteiger charge is 2.39. The monoisotopic (exact) mass is 373 g/mol. The molecule has 1 aliphatic heterocycles. The Labute approximate surface area is 149 Å². The molecule has 3 aromatic heterocycles. The minimum atomic E-state index is -0.643. The molecule has 0 saturated heterocycles. The van der Waals surface area contributed by atoms with Gasteiger partial charge in [0.2, 0.25) is 11.7 Å². The predicted octanol–water partition coefficient (Wildman–Crippen LogP) is 2.12. The average molecular weight is 373 g/mol. The van der Waals surface area contributed by atoms with Crippen LogP contribution in [0.25, 0.3) is 0 Å². The number of hydrogen-bond donors (Lipinski definition) is 1. The first-order chi connectivity index (χ1) is 12.2. The number of nitrogens with zero attached hydrogens (tertiary/aromatic N) is 4. The Morgan fingerprint density at radius 1 is 1.24 bits per heavy atom. The maximum absolute atomic E-state index is 13.2. The van der Waals surface area contributed by atoms with Gasteiger partial charge in [0.1, 0.15) is 11.7 Å². The Balaban J connectivity index is 1.95. The quantitative estimate of drug-likeness (QED) is 0.552. The molecule has 3 aromatic rings. The number of thiophene rings is 2. The summed E-state index contributed by atoms with van der Waals surface area (Å²) in [5.74, 6) is -0.625. The van der Waals surface area contributed by atoms with Crippen LogP contribution in [0.15, 0.2) is 46.3 Å². The van der Waals surface area contributed by atoms with Gasteiger partial charge in [-0.1, -0.05) is 17.2 Å². The van der Waals surface area contributed by atoms with E-state index in [4.69, 9.17) is 4.74 Å². The fourth-order valence-electron chi connectivity index (χ4n) is 2.64. The molecule has 126 valence electrons. The maximum Gasteiger partial charge on any atom is 0.355 e. The van der Waals surface area contributed by atoms with E-state index in [9.17, 15) is 9.59 Å². The lowest BCUT2D eigenvalue weighted by Gasteiger charge is -2.26. The molecule has 1 N–H and O–H groups in total. The molecule has 0 radical (unpaired) electrons. The van der Waals surface area contributed by atoms with Crippen molar-refractivity contribution in [1.82, 2.24) is 20.2 Å². The molecule has 0 amide bonds. The molecule has 0 spiro atoms. The van der Waals surface area contributed by atoms with E-state index in [1.165, 1.54) is 34.5 Å². The van der Waals surface area contributed by atoms with E-state index in [0.29, 0.717) is 4.88 Å². The van der Waals surface area contributed by atoms with E-state index >= 15 is 0 Å². The number of fused-ring (bicyclic) bond motifs is 1. The Bertz CT molecular complexity index is 959. The first kappa shape index (κ1) is 15.7. The molecule has 8 nitrogen and oxygen atoms in total. The zero-order chi connectivity index (χ0) is 17.4. The first-order valence-corrected chi connectivity index (χ1v) is 8.95. The standard InChI is InChI=1S/C15H11N5O3S2/c1-23-14(22)11-10(13(21)9-5-3-7-25-9)12(8-4-2-6-24-8)20-15(16-11)17-18-19-20/h2-7,12H,1H3,(H,16,17,19)/t12-/m1/s1. The third-order valence-corrected chi connectivity index (χ3v) is 5.50. The average Bonchev–Trinajstić information content (AvgIpc) is 3.40. The van der Waals surface area contributed by atoms with Crippen LogP contribution in [0.5, 0.6) is 0 Å². The summed E-state index contributed by atoms with van der Waals surface area (Å²) in [4.78, 5) is 26.9. The molecule has 0 aliphatic carbocycles. The summed E-state index contributed by atoms with van der Waals surface area (Å²) in [6, 6.07) is 6.65. The number of aromatic nitrogens is 4. The van der Waals surface area contributed by atoms with Crippen LogP contribution in [-0.4, -0.2) is 39.1 Å². The van der Waals surface area contributed by atoms with E-state index in [2.05, 4.69) is 20.8 Å². The van der Waals surface area contributed by atoms with Gasteiger partial charge < -0.3 is 10.1 Å². The van der Waals surface area contributed by atoms with Crippen LogP contribution in [0.4, 0.5) is 5.95 Å². The lowest BCUT2D eigenvalue weighted by Crippen LogP contribution is -2.32. The number of ether oxygens (including phenoxy) is 1. The van der Waals surface area contributed by atoms with Crippen molar-refractivity contribution in [2.24, 2.45) is 0 Å². The van der Waals surface area contributed by atoms with Crippen molar-refractivity contribution in [1.29, 1.82) is 0 Å². The highest BCUT2D eigenvalue weighted by Crippen LogP contribution is 2.38. The van der Waals surface area contributed by atoms with Crippen LogP contribution in [0.1, 0.15) is 20.6 Å². The molecule has 0 aromatic carbocycles. The van der Waals surface area contributed by atoms with E-state index < -0.39 is 12.0 Å². The predicted molar refractivity (Wildman–Crippen MR) is 91.6 cm³/mol. The number of nitrogens with one attached hydrogen (secondary N) is 1. The van der Waals surface area contributed by atoms with E-state index in [-0.39, 0.29) is 23.0 Å². The topological polar surface area (TPSA) is 99.0 Å². The molecule has 0 fully saturated rings. The molecule has 0 saturated carbocycles. The van der Waals surface area contributed by atoms with Crippen LogP contribution >= 0.6 is 22.7 Å². The summed E-state index contributed by atoms with van der Waals surface area (Å²) in [5.41, 5.74) is 0.318. The van der Waals surface area contributed by atoms with Gasteiger partial charge in [0, 0.05) is 4.88 Å². The number of allylic oxidation sites excluding steroid dienone is 1. The molecular weight excluding hydrogens is 362 g/mol. The number of esters is 1. The van der Waals surface area contributed by atoms with Gasteiger partial charge in [-0.25, -0.2) is 4.79 Å². The lowest BCUT2D eigenvalue weighted by molar-refractivity contribution is -0.136. The molecule has 25 heavy (non-hydrogen) atoms. The second kappa shape index (κ2) is 6.22. The zero-order valence-corrected chi connectivity index (χ0v) is 14.5. The number of anilines is 1. The lowest BCUT2D eigenvalue weighted by atomic mass is 9.96. The molecule has 0 unspecified atom stereocenters. The summed E-state index contributed by atoms with van der Waals surface area (Å²) in [6.45, 7) is 0. The summed E-state index contributed by atoms with van der Waals surface area (Å²) in [7, 11) is 1.27. The van der Waals surface area contributed by atoms with E-state index in [1.54, 1.807) is 12.1 Å².